The average Bonchev–Trinajstić information content (AvgIpc) is 2.36. The van der Waals surface area contributed by atoms with Crippen LogP contribution < -0.4 is 4.74 Å². The van der Waals surface area contributed by atoms with E-state index in [2.05, 4.69) is 0 Å². The first-order chi connectivity index (χ1) is 9.31. The number of benzene rings is 1. The fraction of sp³-hybridized carbons (Fsp3) is 0.417. The molecule has 0 unspecified atom stereocenters. The summed E-state index contributed by atoms with van der Waals surface area (Å²) in [7, 11) is -2.18. The summed E-state index contributed by atoms with van der Waals surface area (Å²) in [6.07, 6.45) is -0.415. The molecule has 0 heterocycles. The molecule has 0 aliphatic heterocycles. The van der Waals surface area contributed by atoms with Crippen LogP contribution in [0.15, 0.2) is 24.3 Å². The molecule has 0 aliphatic rings. The number of nitrogens with zero attached hydrogens (tertiary/aromatic N) is 1. The summed E-state index contributed by atoms with van der Waals surface area (Å²) >= 11 is 5.79. The number of hydrogen-bond acceptors (Lipinski definition) is 4. The van der Waals surface area contributed by atoms with E-state index in [-0.39, 0.29) is 13.2 Å². The fourth-order valence-corrected chi connectivity index (χ4v) is 2.64. The zero-order valence-electron chi connectivity index (χ0n) is 11.0. The molecule has 0 spiro atoms. The zero-order chi connectivity index (χ0) is 15.2. The van der Waals surface area contributed by atoms with Gasteiger partial charge in [-0.15, -0.1) is 0 Å². The summed E-state index contributed by atoms with van der Waals surface area (Å²) in [5.74, 6) is -1.01. The standard InChI is InChI=1S/C12H16ClNO5S/c1-14(20(17,18)8-5-12(15)16)6-7-19-11-4-2-3-10(13)9-11/h2-4,9H,5-8H2,1H3,(H,15,16). The van der Waals surface area contributed by atoms with Crippen molar-refractivity contribution in [1.82, 2.24) is 4.31 Å². The molecule has 6 nitrogen and oxygen atoms in total. The lowest BCUT2D eigenvalue weighted by Gasteiger charge is -2.16. The number of carboxylic acids is 1. The van der Waals surface area contributed by atoms with E-state index in [1.165, 1.54) is 7.05 Å². The largest absolute Gasteiger partial charge is 0.492 e. The fourth-order valence-electron chi connectivity index (χ4n) is 1.36. The van der Waals surface area contributed by atoms with Crippen LogP contribution in [0.5, 0.6) is 5.75 Å². The van der Waals surface area contributed by atoms with Crippen molar-refractivity contribution in [3.63, 3.8) is 0 Å². The molecule has 112 valence electrons. The molecule has 0 saturated carbocycles. The number of likely N-dealkylation sites (N-methyl/N-ethyl adjacent to an activating group) is 1. The van der Waals surface area contributed by atoms with Gasteiger partial charge in [-0.3, -0.25) is 4.79 Å². The number of sulfonamides is 1. The molecule has 0 radical (unpaired) electrons. The molecular weight excluding hydrogens is 306 g/mol. The molecule has 1 rings (SSSR count). The van der Waals surface area contributed by atoms with Gasteiger partial charge in [0, 0.05) is 18.6 Å². The number of rotatable bonds is 8. The van der Waals surface area contributed by atoms with Gasteiger partial charge in [-0.05, 0) is 18.2 Å². The van der Waals surface area contributed by atoms with Crippen molar-refractivity contribution in [2.45, 2.75) is 6.42 Å². The van der Waals surface area contributed by atoms with Crippen LogP contribution in [0, 0.1) is 0 Å². The SMILES string of the molecule is CN(CCOc1cccc(Cl)c1)S(=O)(=O)CCC(=O)O. The first kappa shape index (κ1) is 16.7. The van der Waals surface area contributed by atoms with Crippen molar-refractivity contribution in [1.29, 1.82) is 0 Å². The molecule has 1 aromatic carbocycles. The van der Waals surface area contributed by atoms with E-state index in [9.17, 15) is 13.2 Å². The Bertz CT molecular complexity index is 561. The predicted molar refractivity (Wildman–Crippen MR) is 75.6 cm³/mol. The van der Waals surface area contributed by atoms with Gasteiger partial charge in [0.05, 0.1) is 12.2 Å². The molecule has 0 aromatic heterocycles. The summed E-state index contributed by atoms with van der Waals surface area (Å²) in [6.45, 7) is 0.289. The highest BCUT2D eigenvalue weighted by molar-refractivity contribution is 7.89. The number of carbonyl (C=O) groups is 1. The second-order valence-electron chi connectivity index (χ2n) is 4.09. The van der Waals surface area contributed by atoms with Gasteiger partial charge in [0.1, 0.15) is 12.4 Å². The van der Waals surface area contributed by atoms with Crippen LogP contribution in [0.4, 0.5) is 0 Å². The minimum atomic E-state index is -3.57. The molecule has 0 fully saturated rings. The highest BCUT2D eigenvalue weighted by Crippen LogP contribution is 2.17. The molecular formula is C12H16ClNO5S. The Morgan fingerprint density at radius 3 is 2.75 bits per heavy atom. The van der Waals surface area contributed by atoms with Gasteiger partial charge in [-0.2, -0.15) is 0 Å². The summed E-state index contributed by atoms with van der Waals surface area (Å²) in [6, 6.07) is 6.77. The quantitative estimate of drug-likeness (QED) is 0.783. The molecule has 0 aliphatic carbocycles. The highest BCUT2D eigenvalue weighted by atomic mass is 35.5. The molecule has 0 atom stereocenters. The van der Waals surface area contributed by atoms with Crippen LogP contribution in [0.25, 0.3) is 0 Å². The van der Waals surface area contributed by atoms with E-state index in [0.29, 0.717) is 10.8 Å². The van der Waals surface area contributed by atoms with Crippen molar-refractivity contribution in [2.75, 3.05) is 26.0 Å². The Labute approximate surface area is 123 Å². The van der Waals surface area contributed by atoms with Gasteiger partial charge in [-0.25, -0.2) is 12.7 Å². The van der Waals surface area contributed by atoms with Gasteiger partial charge < -0.3 is 9.84 Å². The Morgan fingerprint density at radius 1 is 1.45 bits per heavy atom. The third kappa shape index (κ3) is 5.77. The van der Waals surface area contributed by atoms with Crippen LogP contribution in [0.2, 0.25) is 5.02 Å². The Hall–Kier alpha value is -1.31. The zero-order valence-corrected chi connectivity index (χ0v) is 12.5. The number of aliphatic carboxylic acids is 1. The maximum Gasteiger partial charge on any atom is 0.304 e. The van der Waals surface area contributed by atoms with Crippen LogP contribution in [-0.2, 0) is 14.8 Å². The Balaban J connectivity index is 2.43. The Morgan fingerprint density at radius 2 is 2.15 bits per heavy atom. The maximum absolute atomic E-state index is 11.7. The lowest BCUT2D eigenvalue weighted by molar-refractivity contribution is -0.136. The molecule has 1 aromatic rings. The molecule has 0 amide bonds. The van der Waals surface area contributed by atoms with Gasteiger partial charge in [0.2, 0.25) is 10.0 Å². The first-order valence-corrected chi connectivity index (χ1v) is 7.84. The van der Waals surface area contributed by atoms with Crippen LogP contribution in [0.3, 0.4) is 0 Å². The third-order valence-corrected chi connectivity index (χ3v) is 4.61. The monoisotopic (exact) mass is 321 g/mol. The van der Waals surface area contributed by atoms with Crippen LogP contribution >= 0.6 is 11.6 Å². The van der Waals surface area contributed by atoms with Crippen molar-refractivity contribution in [3.8, 4) is 5.75 Å². The third-order valence-electron chi connectivity index (χ3n) is 2.52. The van der Waals surface area contributed by atoms with E-state index in [1.807, 2.05) is 0 Å². The Kier molecular flexibility index (Phi) is 6.25. The number of hydrogen-bond donors (Lipinski definition) is 1. The van der Waals surface area contributed by atoms with E-state index < -0.39 is 28.2 Å². The smallest absolute Gasteiger partial charge is 0.304 e. The van der Waals surface area contributed by atoms with Crippen molar-refractivity contribution >= 4 is 27.6 Å². The van der Waals surface area contributed by atoms with Gasteiger partial charge >= 0.3 is 5.97 Å². The van der Waals surface area contributed by atoms with Crippen molar-refractivity contribution < 1.29 is 23.1 Å². The summed E-state index contributed by atoms with van der Waals surface area (Å²) in [5.41, 5.74) is 0. The van der Waals surface area contributed by atoms with Crippen molar-refractivity contribution in [2.24, 2.45) is 0 Å². The highest BCUT2D eigenvalue weighted by Gasteiger charge is 2.18. The van der Waals surface area contributed by atoms with E-state index in [1.54, 1.807) is 24.3 Å². The summed E-state index contributed by atoms with van der Waals surface area (Å²) in [4.78, 5) is 10.4. The van der Waals surface area contributed by atoms with E-state index in [0.717, 1.165) is 4.31 Å². The number of halogens is 1. The average molecular weight is 322 g/mol. The summed E-state index contributed by atoms with van der Waals surface area (Å²) < 4.78 is 29.9. The lowest BCUT2D eigenvalue weighted by Crippen LogP contribution is -2.33. The second kappa shape index (κ2) is 7.47. The van der Waals surface area contributed by atoms with Crippen LogP contribution in [-0.4, -0.2) is 49.8 Å². The minimum Gasteiger partial charge on any atom is -0.492 e. The molecule has 1 N–H and O–H groups in total. The molecule has 20 heavy (non-hydrogen) atoms. The van der Waals surface area contributed by atoms with Crippen LogP contribution in [0.1, 0.15) is 6.42 Å². The predicted octanol–water partition coefficient (Wildman–Crippen LogP) is 1.46. The van der Waals surface area contributed by atoms with E-state index in [4.69, 9.17) is 21.4 Å². The summed E-state index contributed by atoms with van der Waals surface area (Å²) in [5, 5.41) is 9.02. The number of ether oxygens (including phenoxy) is 1. The normalized spacial score (nSPS) is 11.6. The van der Waals surface area contributed by atoms with Gasteiger partial charge in [0.15, 0.2) is 0 Å². The second-order valence-corrected chi connectivity index (χ2v) is 6.72. The maximum atomic E-state index is 11.7. The van der Waals surface area contributed by atoms with Gasteiger partial charge in [0.25, 0.3) is 0 Å². The van der Waals surface area contributed by atoms with E-state index >= 15 is 0 Å². The molecule has 0 saturated heterocycles. The topological polar surface area (TPSA) is 83.9 Å². The number of carboxylic acid groups (broad SMARTS) is 1. The van der Waals surface area contributed by atoms with Crippen molar-refractivity contribution in [3.05, 3.63) is 29.3 Å². The molecule has 0 bridgehead atoms. The minimum absolute atomic E-state index is 0.133. The first-order valence-electron chi connectivity index (χ1n) is 5.85. The van der Waals surface area contributed by atoms with Gasteiger partial charge in [-0.1, -0.05) is 17.7 Å². The lowest BCUT2D eigenvalue weighted by atomic mass is 10.3. The molecule has 8 heteroatoms.